The van der Waals surface area contributed by atoms with Crippen molar-refractivity contribution in [2.45, 2.75) is 6.61 Å². The molecular weight excluding hydrogens is 286 g/mol. The lowest BCUT2D eigenvalue weighted by Gasteiger charge is -2.11. The van der Waals surface area contributed by atoms with Gasteiger partial charge in [-0.05, 0) is 36.4 Å². The number of hydrogen-bond donors (Lipinski definition) is 2. The van der Waals surface area contributed by atoms with Gasteiger partial charge in [-0.1, -0.05) is 11.6 Å². The van der Waals surface area contributed by atoms with Crippen molar-refractivity contribution in [2.24, 2.45) is 5.73 Å². The van der Waals surface area contributed by atoms with Crippen molar-refractivity contribution in [2.75, 3.05) is 0 Å². The second-order valence-electron chi connectivity index (χ2n) is 4.08. The summed E-state index contributed by atoms with van der Waals surface area (Å²) >= 11 is 5.83. The minimum absolute atomic E-state index is 0.0690. The van der Waals surface area contributed by atoms with E-state index in [0.29, 0.717) is 10.6 Å². The van der Waals surface area contributed by atoms with Gasteiger partial charge in [0.05, 0.1) is 5.56 Å². The number of hydrogen-bond acceptors (Lipinski definition) is 2. The lowest BCUT2D eigenvalue weighted by atomic mass is 10.2. The first kappa shape index (κ1) is 14.3. The van der Waals surface area contributed by atoms with Gasteiger partial charge in [-0.25, -0.2) is 8.78 Å². The third-order valence-corrected chi connectivity index (χ3v) is 2.86. The quantitative estimate of drug-likeness (QED) is 0.670. The molecular formula is C14H11ClF2N2O. The molecule has 20 heavy (non-hydrogen) atoms. The van der Waals surface area contributed by atoms with Crippen LogP contribution >= 0.6 is 11.6 Å². The summed E-state index contributed by atoms with van der Waals surface area (Å²) in [5.41, 5.74) is 5.82. The first-order valence-corrected chi connectivity index (χ1v) is 6.06. The molecule has 0 saturated heterocycles. The summed E-state index contributed by atoms with van der Waals surface area (Å²) in [6.45, 7) is -0.190. The van der Waals surface area contributed by atoms with E-state index in [-0.39, 0.29) is 23.8 Å². The van der Waals surface area contributed by atoms with Crippen molar-refractivity contribution >= 4 is 17.4 Å². The summed E-state index contributed by atoms with van der Waals surface area (Å²) in [5, 5.41) is 7.82. The molecule has 0 fully saturated rings. The van der Waals surface area contributed by atoms with Crippen LogP contribution in [-0.2, 0) is 6.61 Å². The Balaban J connectivity index is 2.24. The largest absolute Gasteiger partial charge is 0.488 e. The van der Waals surface area contributed by atoms with Crippen molar-refractivity contribution in [3.63, 3.8) is 0 Å². The van der Waals surface area contributed by atoms with E-state index in [4.69, 9.17) is 27.5 Å². The van der Waals surface area contributed by atoms with Crippen molar-refractivity contribution in [1.82, 2.24) is 0 Å². The van der Waals surface area contributed by atoms with Gasteiger partial charge in [-0.15, -0.1) is 0 Å². The monoisotopic (exact) mass is 296 g/mol. The van der Waals surface area contributed by atoms with Crippen LogP contribution in [0.1, 0.15) is 11.1 Å². The molecule has 0 spiro atoms. The van der Waals surface area contributed by atoms with Gasteiger partial charge in [0.25, 0.3) is 0 Å². The molecule has 0 aliphatic rings. The molecule has 3 N–H and O–H groups in total. The molecule has 0 radical (unpaired) electrons. The zero-order valence-electron chi connectivity index (χ0n) is 10.3. The predicted octanol–water partition coefficient (Wildman–Crippen LogP) is 3.48. The van der Waals surface area contributed by atoms with Gasteiger partial charge in [-0.2, -0.15) is 0 Å². The molecule has 0 bridgehead atoms. The van der Waals surface area contributed by atoms with Crippen LogP contribution in [0.2, 0.25) is 5.02 Å². The SMILES string of the molecule is N=C(N)c1ccc(Cl)cc1OCc1cc(F)ccc1F. The first-order chi connectivity index (χ1) is 9.47. The highest BCUT2D eigenvalue weighted by Crippen LogP contribution is 2.24. The van der Waals surface area contributed by atoms with Crippen LogP contribution in [0.15, 0.2) is 36.4 Å². The van der Waals surface area contributed by atoms with Crippen LogP contribution in [0.3, 0.4) is 0 Å². The van der Waals surface area contributed by atoms with Gasteiger partial charge in [0, 0.05) is 10.6 Å². The minimum Gasteiger partial charge on any atom is -0.488 e. The van der Waals surface area contributed by atoms with E-state index in [1.807, 2.05) is 0 Å². The first-order valence-electron chi connectivity index (χ1n) is 5.68. The van der Waals surface area contributed by atoms with Gasteiger partial charge in [-0.3, -0.25) is 5.41 Å². The van der Waals surface area contributed by atoms with E-state index >= 15 is 0 Å². The Morgan fingerprint density at radius 3 is 2.65 bits per heavy atom. The van der Waals surface area contributed by atoms with E-state index in [2.05, 4.69) is 0 Å². The summed E-state index contributed by atoms with van der Waals surface area (Å²) in [4.78, 5) is 0. The Bertz CT molecular complexity index is 662. The van der Waals surface area contributed by atoms with Crippen molar-refractivity contribution in [1.29, 1.82) is 5.41 Å². The number of nitrogen functional groups attached to an aromatic ring is 1. The van der Waals surface area contributed by atoms with Gasteiger partial charge in [0.2, 0.25) is 0 Å². The highest BCUT2D eigenvalue weighted by atomic mass is 35.5. The van der Waals surface area contributed by atoms with Gasteiger partial charge in [0.15, 0.2) is 0 Å². The lowest BCUT2D eigenvalue weighted by Crippen LogP contribution is -2.13. The molecule has 2 aromatic carbocycles. The van der Waals surface area contributed by atoms with Crippen molar-refractivity contribution < 1.29 is 13.5 Å². The maximum absolute atomic E-state index is 13.5. The number of amidine groups is 1. The molecule has 0 atom stereocenters. The molecule has 0 amide bonds. The van der Waals surface area contributed by atoms with Crippen LogP contribution in [0, 0.1) is 17.0 Å². The van der Waals surface area contributed by atoms with Gasteiger partial charge in [0.1, 0.15) is 29.8 Å². The fourth-order valence-corrected chi connectivity index (χ4v) is 1.81. The molecule has 2 aromatic rings. The van der Waals surface area contributed by atoms with E-state index in [9.17, 15) is 8.78 Å². The van der Waals surface area contributed by atoms with E-state index in [1.54, 1.807) is 6.07 Å². The molecule has 104 valence electrons. The molecule has 0 aliphatic heterocycles. The highest BCUT2D eigenvalue weighted by molar-refractivity contribution is 6.30. The minimum atomic E-state index is -0.571. The van der Waals surface area contributed by atoms with Crippen LogP contribution < -0.4 is 10.5 Å². The smallest absolute Gasteiger partial charge is 0.132 e. The Morgan fingerprint density at radius 1 is 1.20 bits per heavy atom. The average Bonchev–Trinajstić information content (AvgIpc) is 2.39. The van der Waals surface area contributed by atoms with Gasteiger partial charge < -0.3 is 10.5 Å². The number of ether oxygens (including phenoxy) is 1. The van der Waals surface area contributed by atoms with E-state index in [0.717, 1.165) is 18.2 Å². The third-order valence-electron chi connectivity index (χ3n) is 2.62. The number of nitrogens with one attached hydrogen (secondary N) is 1. The van der Waals surface area contributed by atoms with Crippen molar-refractivity contribution in [3.05, 3.63) is 64.2 Å². The fourth-order valence-electron chi connectivity index (χ4n) is 1.65. The number of rotatable bonds is 4. The average molecular weight is 297 g/mol. The van der Waals surface area contributed by atoms with Crippen LogP contribution in [0.4, 0.5) is 8.78 Å². The normalized spacial score (nSPS) is 10.3. The molecule has 0 aromatic heterocycles. The second-order valence-corrected chi connectivity index (χ2v) is 4.51. The molecule has 0 unspecified atom stereocenters. The Kier molecular flexibility index (Phi) is 4.20. The summed E-state index contributed by atoms with van der Waals surface area (Å²) in [5.74, 6) is -1.08. The molecule has 3 nitrogen and oxygen atoms in total. The standard InChI is InChI=1S/C14H11ClF2N2O/c15-9-1-3-11(14(18)19)13(6-9)20-7-8-5-10(16)2-4-12(8)17/h1-6H,7H2,(H3,18,19). The molecule has 0 heterocycles. The van der Waals surface area contributed by atoms with E-state index < -0.39 is 11.6 Å². The number of halogens is 3. The molecule has 0 saturated carbocycles. The zero-order chi connectivity index (χ0) is 14.7. The summed E-state index contributed by atoms with van der Waals surface area (Å²) in [6.07, 6.45) is 0. The Hall–Kier alpha value is -2.14. The zero-order valence-corrected chi connectivity index (χ0v) is 11.0. The second kappa shape index (κ2) is 5.88. The topological polar surface area (TPSA) is 59.1 Å². The Labute approximate surface area is 119 Å². The molecule has 0 aliphatic carbocycles. The Morgan fingerprint density at radius 2 is 1.95 bits per heavy atom. The van der Waals surface area contributed by atoms with Crippen LogP contribution in [0.25, 0.3) is 0 Å². The van der Waals surface area contributed by atoms with Crippen LogP contribution in [-0.4, -0.2) is 5.84 Å². The third kappa shape index (κ3) is 3.24. The van der Waals surface area contributed by atoms with E-state index in [1.165, 1.54) is 12.1 Å². The highest BCUT2D eigenvalue weighted by Gasteiger charge is 2.10. The molecule has 2 rings (SSSR count). The molecule has 6 heteroatoms. The summed E-state index contributed by atoms with van der Waals surface area (Å²) in [7, 11) is 0. The lowest BCUT2D eigenvalue weighted by molar-refractivity contribution is 0.298. The fraction of sp³-hybridized carbons (Fsp3) is 0.0714. The number of benzene rings is 2. The number of nitrogens with two attached hydrogens (primary N) is 1. The van der Waals surface area contributed by atoms with Crippen LogP contribution in [0.5, 0.6) is 5.75 Å². The van der Waals surface area contributed by atoms with Crippen molar-refractivity contribution in [3.8, 4) is 5.75 Å². The van der Waals surface area contributed by atoms with Gasteiger partial charge >= 0.3 is 0 Å². The summed E-state index contributed by atoms with van der Waals surface area (Å²) < 4.78 is 31.9. The maximum Gasteiger partial charge on any atom is 0.132 e. The predicted molar refractivity (Wildman–Crippen MR) is 73.2 cm³/mol. The summed E-state index contributed by atoms with van der Waals surface area (Å²) in [6, 6.07) is 7.66. The maximum atomic E-state index is 13.5.